The first-order valence-corrected chi connectivity index (χ1v) is 25.9. The van der Waals surface area contributed by atoms with E-state index in [1.807, 2.05) is 24.3 Å². The van der Waals surface area contributed by atoms with E-state index < -0.39 is 23.6 Å². The molecule has 32 heteroatoms. The fraction of sp³-hybridized carbons (Fsp3) is 0. The van der Waals surface area contributed by atoms with Gasteiger partial charge in [0.05, 0.1) is 46.9 Å². The molecule has 8 heterocycles. The molecule has 8 aromatic heterocycles. The molecule has 28 nitrogen and oxygen atoms in total. The average molecular weight is 1490 g/mol. The summed E-state index contributed by atoms with van der Waals surface area (Å²) in [4.78, 5) is 31.5. The first-order chi connectivity index (χ1) is 43.0. The van der Waals surface area contributed by atoms with Gasteiger partial charge >= 0.3 is 77.9 Å². The van der Waals surface area contributed by atoms with Crippen LogP contribution in [0, 0.1) is 0 Å². The molecule has 0 spiro atoms. The van der Waals surface area contributed by atoms with Gasteiger partial charge in [-0.15, -0.1) is 0 Å². The Hall–Kier alpha value is -10.8. The second-order valence-electron chi connectivity index (χ2n) is 17.8. The maximum absolute atomic E-state index is 12.2. The Kier molecular flexibility index (Phi) is 36.8. The maximum atomic E-state index is 12.2. The van der Waals surface area contributed by atoms with E-state index in [2.05, 4.69) is 80.7 Å². The van der Waals surface area contributed by atoms with E-state index >= 15 is 0 Å². The van der Waals surface area contributed by atoms with Gasteiger partial charge < -0.3 is 62.8 Å². The smallest absolute Gasteiger partial charge is 0.871 e. The van der Waals surface area contributed by atoms with Crippen LogP contribution in [0.1, 0.15) is 44.5 Å². The fourth-order valence-electron chi connectivity index (χ4n) is 7.73. The largest absolute Gasteiger partial charge is 2.00 e. The van der Waals surface area contributed by atoms with Crippen LogP contribution >= 0.6 is 0 Å². The van der Waals surface area contributed by atoms with Crippen molar-refractivity contribution < 1.29 is 141 Å². The van der Waals surface area contributed by atoms with Crippen LogP contribution in [0.3, 0.4) is 0 Å². The zero-order valence-electron chi connectivity index (χ0n) is 50.3. The summed E-state index contributed by atoms with van der Waals surface area (Å²) in [5.74, 6) is -2.95. The predicted octanol–water partition coefficient (Wildman–Crippen LogP) is 0.0688. The summed E-state index contributed by atoms with van der Waals surface area (Å²) in [7, 11) is 0. The first-order valence-electron chi connectivity index (χ1n) is 25.9. The van der Waals surface area contributed by atoms with Gasteiger partial charge in [-0.25, -0.2) is 0 Å². The number of hydrogen-bond acceptors (Lipinski definition) is 24. The molecule has 0 aliphatic rings. The van der Waals surface area contributed by atoms with Crippen molar-refractivity contribution in [2.45, 2.75) is 0 Å². The van der Waals surface area contributed by atoms with Gasteiger partial charge in [-0.1, -0.05) is 95.8 Å². The van der Waals surface area contributed by atoms with Gasteiger partial charge in [0, 0.05) is 98.0 Å². The molecule has 96 heavy (non-hydrogen) atoms. The van der Waals surface area contributed by atoms with E-state index in [1.165, 1.54) is 74.4 Å². The molecule has 464 valence electrons. The minimum Gasteiger partial charge on any atom is -0.871 e. The molecule has 0 radical (unpaired) electrons. The van der Waals surface area contributed by atoms with Crippen molar-refractivity contribution in [2.24, 2.45) is 40.8 Å². The quantitative estimate of drug-likeness (QED) is 0.0676. The number of nitrogens with zero attached hydrogens (tertiary/aromatic N) is 16. The van der Waals surface area contributed by atoms with E-state index in [0.717, 1.165) is 21.5 Å². The van der Waals surface area contributed by atoms with Crippen LogP contribution in [0.15, 0.2) is 261 Å². The molecule has 8 N–H and O–H groups in total. The molecule has 0 unspecified atom stereocenters. The molecule has 12 aromatic rings. The van der Waals surface area contributed by atoms with E-state index in [9.17, 15) is 40.9 Å². The second kappa shape index (κ2) is 42.4. The summed E-state index contributed by atoms with van der Waals surface area (Å²) in [6.07, 6.45) is 23.2. The van der Waals surface area contributed by atoms with Gasteiger partial charge in [0.15, 0.2) is 0 Å². The zero-order valence-corrected chi connectivity index (χ0v) is 62.2. The molecule has 0 aliphatic heterocycles. The number of pyridine rings is 8. The van der Waals surface area contributed by atoms with Crippen molar-refractivity contribution in [3.63, 3.8) is 0 Å². The molecule has 0 fully saturated rings. The van der Waals surface area contributed by atoms with E-state index in [0.29, 0.717) is 66.6 Å². The van der Waals surface area contributed by atoms with Crippen molar-refractivity contribution >= 4 is 92.1 Å². The number of fused-ring (bicyclic) bond motifs is 4. The van der Waals surface area contributed by atoms with Gasteiger partial charge in [-0.05, 0) is 139 Å². The Morgan fingerprint density at radius 1 is 0.260 bits per heavy atom. The van der Waals surface area contributed by atoms with Crippen LogP contribution in [0.5, 0.6) is 23.0 Å². The minimum atomic E-state index is -0.495. The van der Waals surface area contributed by atoms with Crippen LogP contribution < -0.4 is 40.9 Å². The van der Waals surface area contributed by atoms with Crippen molar-refractivity contribution in [2.75, 3.05) is 0 Å². The van der Waals surface area contributed by atoms with E-state index in [1.54, 1.807) is 146 Å². The Morgan fingerprint density at radius 3 is 0.635 bits per heavy atom. The minimum absolute atomic E-state index is 0. The Bertz CT molecular complexity index is 4070. The normalized spacial score (nSPS) is 11.1. The maximum Gasteiger partial charge on any atom is 2.00 e. The molecule has 0 atom stereocenters. The van der Waals surface area contributed by atoms with Crippen LogP contribution in [0.2, 0.25) is 0 Å². The molecular formula is C64H48N16O12Zn4. The van der Waals surface area contributed by atoms with Crippen molar-refractivity contribution in [1.29, 1.82) is 0 Å². The predicted molar refractivity (Wildman–Crippen MR) is 333 cm³/mol. The number of aromatic nitrogens is 8. The SMILES string of the molecule is O.O.O.O.[O-]/C(=N\N=C\c1ccc2cccnc2c1[O-])c1ccncc1.[O-]/C(=N\N=C\c1ccc2cccnc2c1[O-])c1ccncc1.[O-]/C(=N\N=C\c1ccc2cccnc2c1[O-])c1ccncc1.[O-]/C(=N\N=C\c1ccc2cccnc2c1[O-])c1ccncc1.[Zn+2].[Zn+2].[Zn+2].[Zn+2]. The number of benzene rings is 4. The molecule has 0 saturated heterocycles. The first kappa shape index (κ1) is 83.2. The van der Waals surface area contributed by atoms with Gasteiger partial charge in [0.2, 0.25) is 0 Å². The number of hydrogen-bond donors (Lipinski definition) is 0. The van der Waals surface area contributed by atoms with Crippen LogP contribution in [-0.2, 0) is 77.9 Å². The molecule has 4 aromatic carbocycles. The van der Waals surface area contributed by atoms with Crippen molar-refractivity contribution in [1.82, 2.24) is 39.9 Å². The topological polar surface area (TPSA) is 512 Å². The molecule has 0 amide bonds. The Labute approximate surface area is 596 Å². The summed E-state index contributed by atoms with van der Waals surface area (Å²) in [6.45, 7) is 0. The van der Waals surface area contributed by atoms with E-state index in [4.69, 9.17) is 0 Å². The standard InChI is InChI=1S/4C16H12N4O2.4H2O.4Zn/c4*21-15-13(4-3-11-2-1-7-18-14(11)15)10-19-20-16(22)12-5-8-17-9-6-12;;;;;;;;/h4*1-10,21H,(H,20,22);4*1H2;;;;/q;;;;;;;;4*+2/p-8/b4*19-10+;;;;;;;;. The zero-order chi connectivity index (χ0) is 61.5. The summed E-state index contributed by atoms with van der Waals surface area (Å²) < 4.78 is 0. The average Bonchev–Trinajstić information content (AvgIpc) is 0.868. The molecule has 12 rings (SSSR count). The summed E-state index contributed by atoms with van der Waals surface area (Å²) in [5.41, 5.74) is 4.33. The molecule has 0 saturated carbocycles. The molecule has 0 aliphatic carbocycles. The van der Waals surface area contributed by atoms with Crippen LogP contribution in [0.25, 0.3) is 43.6 Å². The third-order valence-corrected chi connectivity index (χ3v) is 12.1. The summed E-state index contributed by atoms with van der Waals surface area (Å²) >= 11 is 0. The van der Waals surface area contributed by atoms with Crippen molar-refractivity contribution in [3.8, 4) is 23.0 Å². The Balaban J connectivity index is 0.000000623. The summed E-state index contributed by atoms with van der Waals surface area (Å²) in [6, 6.07) is 40.2. The van der Waals surface area contributed by atoms with Gasteiger partial charge in [-0.2, -0.15) is 40.8 Å². The molecule has 0 bridgehead atoms. The second-order valence-corrected chi connectivity index (χ2v) is 17.8. The Morgan fingerprint density at radius 2 is 0.448 bits per heavy atom. The van der Waals surface area contributed by atoms with Crippen molar-refractivity contribution in [3.05, 3.63) is 264 Å². The van der Waals surface area contributed by atoms with Crippen LogP contribution in [0.4, 0.5) is 0 Å². The van der Waals surface area contributed by atoms with E-state index in [-0.39, 0.29) is 123 Å². The number of rotatable bonds is 12. The van der Waals surface area contributed by atoms with Gasteiger partial charge in [0.25, 0.3) is 0 Å². The monoisotopic (exact) mass is 1490 g/mol. The van der Waals surface area contributed by atoms with Gasteiger partial charge in [0.1, 0.15) is 0 Å². The third kappa shape index (κ3) is 22.8. The molecular weight excluding hydrogens is 1450 g/mol. The third-order valence-electron chi connectivity index (χ3n) is 12.1. The summed E-state index contributed by atoms with van der Waals surface area (Å²) in [5, 5.41) is 128. The van der Waals surface area contributed by atoms with Crippen LogP contribution in [-0.4, -0.2) is 110 Å². The fourth-order valence-corrected chi connectivity index (χ4v) is 7.73. The van der Waals surface area contributed by atoms with Gasteiger partial charge in [-0.3, -0.25) is 39.9 Å².